The molecule has 0 bridgehead atoms. The SMILES string of the molecule is Cc1ccc2c3c(ccc(C(=O)N(C=O)c4ccncc4)c13)C(=O)N(c1ccncc1)C2=O. The molecule has 0 unspecified atom stereocenters. The van der Waals surface area contributed by atoms with Crippen LogP contribution in [0.25, 0.3) is 10.8 Å². The van der Waals surface area contributed by atoms with E-state index < -0.39 is 17.7 Å². The molecule has 0 atom stereocenters. The Balaban J connectivity index is 1.71. The standard InChI is InChI=1S/C25H16N4O4/c1-15-2-3-19-22-20(25(33)29(24(19)32)17-8-12-27-13-9-17)5-4-18(21(15)22)23(31)28(14-30)16-6-10-26-11-7-16/h2-14H,1H3. The van der Waals surface area contributed by atoms with Crippen LogP contribution in [0.2, 0.25) is 0 Å². The van der Waals surface area contributed by atoms with Crippen LogP contribution >= 0.6 is 0 Å². The molecule has 0 fully saturated rings. The fourth-order valence-electron chi connectivity index (χ4n) is 4.12. The van der Waals surface area contributed by atoms with Gasteiger partial charge in [0.15, 0.2) is 0 Å². The van der Waals surface area contributed by atoms with E-state index in [1.807, 2.05) is 0 Å². The average molecular weight is 436 g/mol. The molecule has 2 aromatic heterocycles. The maximum atomic E-state index is 13.4. The van der Waals surface area contributed by atoms with Crippen molar-refractivity contribution in [3.05, 3.63) is 95.6 Å². The van der Waals surface area contributed by atoms with Crippen LogP contribution in [0.3, 0.4) is 0 Å². The van der Waals surface area contributed by atoms with Crippen molar-refractivity contribution in [3.63, 3.8) is 0 Å². The minimum Gasteiger partial charge on any atom is -0.278 e. The molecule has 3 heterocycles. The second-order valence-electron chi connectivity index (χ2n) is 7.48. The summed E-state index contributed by atoms with van der Waals surface area (Å²) >= 11 is 0. The lowest BCUT2D eigenvalue weighted by atomic mass is 9.88. The smallest absolute Gasteiger partial charge is 0.265 e. The third-order valence-electron chi connectivity index (χ3n) is 5.65. The molecule has 0 aliphatic carbocycles. The van der Waals surface area contributed by atoms with E-state index >= 15 is 0 Å². The molecular formula is C25H16N4O4. The number of carbonyl (C=O) groups is 4. The van der Waals surface area contributed by atoms with Gasteiger partial charge in [-0.1, -0.05) is 6.07 Å². The Hall–Kier alpha value is -4.72. The summed E-state index contributed by atoms with van der Waals surface area (Å²) in [7, 11) is 0. The van der Waals surface area contributed by atoms with Crippen molar-refractivity contribution in [2.24, 2.45) is 0 Å². The van der Waals surface area contributed by atoms with Gasteiger partial charge in [0, 0.05) is 46.9 Å². The maximum absolute atomic E-state index is 13.4. The minimum atomic E-state index is -0.570. The molecule has 2 aromatic carbocycles. The number of nitrogens with zero attached hydrogens (tertiary/aromatic N) is 4. The highest BCUT2D eigenvalue weighted by molar-refractivity contribution is 6.37. The molecule has 33 heavy (non-hydrogen) atoms. The van der Waals surface area contributed by atoms with Crippen LogP contribution in [-0.4, -0.2) is 34.1 Å². The van der Waals surface area contributed by atoms with E-state index in [-0.39, 0.29) is 5.56 Å². The molecule has 0 saturated carbocycles. The summed E-state index contributed by atoms with van der Waals surface area (Å²) in [6.07, 6.45) is 6.40. The van der Waals surface area contributed by atoms with Gasteiger partial charge in [0.2, 0.25) is 6.41 Å². The van der Waals surface area contributed by atoms with E-state index in [9.17, 15) is 19.2 Å². The lowest BCUT2D eigenvalue weighted by molar-refractivity contribution is -0.106. The molecule has 0 spiro atoms. The predicted octanol–water partition coefficient (Wildman–Crippen LogP) is 3.54. The van der Waals surface area contributed by atoms with Crippen molar-refractivity contribution in [1.82, 2.24) is 9.97 Å². The zero-order valence-corrected chi connectivity index (χ0v) is 17.4. The minimum absolute atomic E-state index is 0.218. The monoisotopic (exact) mass is 436 g/mol. The Morgan fingerprint density at radius 3 is 2.00 bits per heavy atom. The van der Waals surface area contributed by atoms with E-state index in [0.717, 1.165) is 9.80 Å². The van der Waals surface area contributed by atoms with Gasteiger partial charge >= 0.3 is 0 Å². The molecule has 5 rings (SSSR count). The normalized spacial score (nSPS) is 12.7. The fraction of sp³-hybridized carbons (Fsp3) is 0.0400. The molecule has 1 aliphatic heterocycles. The number of aryl methyl sites for hydroxylation is 1. The summed E-state index contributed by atoms with van der Waals surface area (Å²) in [5, 5.41) is 0.869. The fourth-order valence-corrected chi connectivity index (χ4v) is 4.12. The van der Waals surface area contributed by atoms with Crippen LogP contribution in [0.15, 0.2) is 73.3 Å². The van der Waals surface area contributed by atoms with Gasteiger partial charge in [-0.25, -0.2) is 9.80 Å². The number of benzene rings is 2. The predicted molar refractivity (Wildman–Crippen MR) is 121 cm³/mol. The summed E-state index contributed by atoms with van der Waals surface area (Å²) in [4.78, 5) is 61.8. The number of carbonyl (C=O) groups excluding carboxylic acids is 4. The van der Waals surface area contributed by atoms with Crippen molar-refractivity contribution in [2.45, 2.75) is 6.92 Å². The number of anilines is 2. The van der Waals surface area contributed by atoms with Crippen molar-refractivity contribution in [2.75, 3.05) is 9.80 Å². The topological polar surface area (TPSA) is 101 Å². The first-order chi connectivity index (χ1) is 16.0. The van der Waals surface area contributed by atoms with Gasteiger partial charge in [-0.3, -0.25) is 29.1 Å². The lowest BCUT2D eigenvalue weighted by Gasteiger charge is -2.28. The number of amides is 4. The van der Waals surface area contributed by atoms with Crippen LogP contribution in [0.5, 0.6) is 0 Å². The summed E-state index contributed by atoms with van der Waals surface area (Å²) < 4.78 is 0. The third-order valence-corrected chi connectivity index (χ3v) is 5.65. The first kappa shape index (κ1) is 20.2. The molecule has 0 saturated heterocycles. The van der Waals surface area contributed by atoms with E-state index in [0.29, 0.717) is 45.2 Å². The van der Waals surface area contributed by atoms with Gasteiger partial charge < -0.3 is 0 Å². The number of aromatic nitrogens is 2. The number of rotatable bonds is 4. The van der Waals surface area contributed by atoms with Crippen LogP contribution in [0.1, 0.15) is 36.6 Å². The third kappa shape index (κ3) is 3.08. The van der Waals surface area contributed by atoms with Crippen molar-refractivity contribution in [1.29, 1.82) is 0 Å². The van der Waals surface area contributed by atoms with Crippen LogP contribution in [0, 0.1) is 6.92 Å². The Kier molecular flexibility index (Phi) is 4.75. The number of hydrogen-bond acceptors (Lipinski definition) is 6. The zero-order valence-electron chi connectivity index (χ0n) is 17.4. The van der Waals surface area contributed by atoms with Crippen LogP contribution in [-0.2, 0) is 4.79 Å². The summed E-state index contributed by atoms with van der Waals surface area (Å²) in [6, 6.07) is 12.7. The van der Waals surface area contributed by atoms with Gasteiger partial charge in [-0.05, 0) is 60.3 Å². The highest BCUT2D eigenvalue weighted by Gasteiger charge is 2.36. The van der Waals surface area contributed by atoms with Crippen molar-refractivity contribution >= 4 is 46.3 Å². The van der Waals surface area contributed by atoms with Crippen molar-refractivity contribution < 1.29 is 19.2 Å². The highest BCUT2D eigenvalue weighted by Crippen LogP contribution is 2.36. The molecule has 1 aliphatic rings. The summed E-state index contributed by atoms with van der Waals surface area (Å²) in [6.45, 7) is 1.79. The lowest BCUT2D eigenvalue weighted by Crippen LogP contribution is -2.40. The molecule has 160 valence electrons. The first-order valence-corrected chi connectivity index (χ1v) is 10.1. The van der Waals surface area contributed by atoms with E-state index in [4.69, 9.17) is 0 Å². The maximum Gasteiger partial charge on any atom is 0.265 e. The summed E-state index contributed by atoms with van der Waals surface area (Å²) in [5.41, 5.74) is 2.30. The molecule has 0 radical (unpaired) electrons. The van der Waals surface area contributed by atoms with Gasteiger partial charge in [0.05, 0.1) is 11.4 Å². The molecule has 0 N–H and O–H groups in total. The molecule has 4 amide bonds. The second kappa shape index (κ2) is 7.76. The molecule has 8 heteroatoms. The number of hydrogen-bond donors (Lipinski definition) is 0. The van der Waals surface area contributed by atoms with E-state index in [2.05, 4.69) is 9.97 Å². The first-order valence-electron chi connectivity index (χ1n) is 10.1. The van der Waals surface area contributed by atoms with Gasteiger partial charge in [-0.15, -0.1) is 0 Å². The van der Waals surface area contributed by atoms with E-state index in [1.165, 1.54) is 36.9 Å². The molecule has 8 nitrogen and oxygen atoms in total. The van der Waals surface area contributed by atoms with Gasteiger partial charge in [-0.2, -0.15) is 0 Å². The summed E-state index contributed by atoms with van der Waals surface area (Å²) in [5.74, 6) is -1.55. The Morgan fingerprint density at radius 1 is 0.818 bits per heavy atom. The Bertz CT molecular complexity index is 1430. The largest absolute Gasteiger partial charge is 0.278 e. The highest BCUT2D eigenvalue weighted by atomic mass is 16.2. The van der Waals surface area contributed by atoms with Gasteiger partial charge in [0.25, 0.3) is 17.7 Å². The van der Waals surface area contributed by atoms with Gasteiger partial charge in [0.1, 0.15) is 0 Å². The van der Waals surface area contributed by atoms with Crippen LogP contribution < -0.4 is 9.80 Å². The second-order valence-corrected chi connectivity index (χ2v) is 7.48. The molecular weight excluding hydrogens is 420 g/mol. The quantitative estimate of drug-likeness (QED) is 0.358. The zero-order chi connectivity index (χ0) is 23.1. The Morgan fingerprint density at radius 2 is 1.39 bits per heavy atom. The Labute approximate surface area is 188 Å². The molecule has 4 aromatic rings. The van der Waals surface area contributed by atoms with Crippen molar-refractivity contribution in [3.8, 4) is 0 Å². The number of imide groups is 2. The number of pyridine rings is 2. The van der Waals surface area contributed by atoms with Crippen LogP contribution in [0.4, 0.5) is 11.4 Å². The average Bonchev–Trinajstić information content (AvgIpc) is 2.85. The van der Waals surface area contributed by atoms with E-state index in [1.54, 1.807) is 43.3 Å².